The van der Waals surface area contributed by atoms with Crippen LogP contribution in [0.1, 0.15) is 12.8 Å². The standard InChI is InChI=1S/C18H25N3O6S2/c1-20(29(4,23)24)11-15(22)21(10-12-6-5-9-27-12)18-19-16-13(25-2)7-8-14(26-3)17(16)28-18/h7-8,12H,5-6,9-11H2,1-4H3/t12-/m0/s1. The number of methoxy groups -OCH3 is 2. The van der Waals surface area contributed by atoms with E-state index >= 15 is 0 Å². The Labute approximate surface area is 174 Å². The van der Waals surface area contributed by atoms with Crippen molar-refractivity contribution in [1.29, 1.82) is 0 Å². The molecule has 1 aliphatic heterocycles. The van der Waals surface area contributed by atoms with Crippen LogP contribution in [0.3, 0.4) is 0 Å². The minimum atomic E-state index is -3.49. The zero-order chi connectivity index (χ0) is 21.2. The number of hydrogen-bond acceptors (Lipinski definition) is 8. The van der Waals surface area contributed by atoms with Crippen LogP contribution in [-0.4, -0.2) is 76.9 Å². The maximum atomic E-state index is 13.0. The molecule has 9 nitrogen and oxygen atoms in total. The molecule has 1 amide bonds. The third kappa shape index (κ3) is 4.80. The number of amides is 1. The van der Waals surface area contributed by atoms with Crippen LogP contribution in [0.15, 0.2) is 12.1 Å². The number of nitrogens with zero attached hydrogens (tertiary/aromatic N) is 3. The molecule has 11 heteroatoms. The van der Waals surface area contributed by atoms with Gasteiger partial charge in [-0.1, -0.05) is 11.3 Å². The summed E-state index contributed by atoms with van der Waals surface area (Å²) < 4.78 is 41.8. The number of ether oxygens (including phenoxy) is 3. The van der Waals surface area contributed by atoms with Gasteiger partial charge in [0.2, 0.25) is 15.9 Å². The molecule has 1 aliphatic rings. The number of benzene rings is 1. The van der Waals surface area contributed by atoms with Gasteiger partial charge in [0.25, 0.3) is 0 Å². The summed E-state index contributed by atoms with van der Waals surface area (Å²) in [6.07, 6.45) is 2.72. The fourth-order valence-electron chi connectivity index (χ4n) is 3.06. The van der Waals surface area contributed by atoms with Gasteiger partial charge in [0.15, 0.2) is 5.13 Å². The summed E-state index contributed by atoms with van der Waals surface area (Å²) in [5.41, 5.74) is 0.591. The average molecular weight is 444 g/mol. The molecular formula is C18H25N3O6S2. The second kappa shape index (κ2) is 8.82. The molecule has 3 rings (SSSR count). The first kappa shape index (κ1) is 21.8. The third-order valence-corrected chi connectivity index (χ3v) is 7.12. The molecule has 1 atom stereocenters. The third-order valence-electron chi connectivity index (χ3n) is 4.77. The minimum Gasteiger partial charge on any atom is -0.495 e. The van der Waals surface area contributed by atoms with E-state index in [0.29, 0.717) is 35.3 Å². The molecule has 0 N–H and O–H groups in total. The molecule has 1 aromatic carbocycles. The Morgan fingerprint density at radius 1 is 1.31 bits per heavy atom. The molecule has 0 unspecified atom stereocenters. The van der Waals surface area contributed by atoms with Crippen LogP contribution in [0.2, 0.25) is 0 Å². The van der Waals surface area contributed by atoms with Gasteiger partial charge in [0, 0.05) is 13.7 Å². The minimum absolute atomic E-state index is 0.113. The largest absolute Gasteiger partial charge is 0.495 e. The first-order chi connectivity index (χ1) is 13.7. The number of likely N-dealkylation sites (N-methyl/N-ethyl adjacent to an activating group) is 1. The highest BCUT2D eigenvalue weighted by Crippen LogP contribution is 2.40. The molecule has 0 saturated carbocycles. The second-order valence-electron chi connectivity index (χ2n) is 6.80. The van der Waals surface area contributed by atoms with E-state index in [-0.39, 0.29) is 18.6 Å². The maximum Gasteiger partial charge on any atom is 0.244 e. The Balaban J connectivity index is 1.99. The number of fused-ring (bicyclic) bond motifs is 1. The van der Waals surface area contributed by atoms with E-state index in [9.17, 15) is 13.2 Å². The molecule has 2 aromatic rings. The van der Waals surface area contributed by atoms with E-state index < -0.39 is 10.0 Å². The van der Waals surface area contributed by atoms with Crippen molar-refractivity contribution < 1.29 is 27.4 Å². The highest BCUT2D eigenvalue weighted by molar-refractivity contribution is 7.88. The number of hydrogen-bond donors (Lipinski definition) is 0. The predicted octanol–water partition coefficient (Wildman–Crippen LogP) is 1.72. The Kier molecular flexibility index (Phi) is 6.62. The first-order valence-electron chi connectivity index (χ1n) is 9.09. The lowest BCUT2D eigenvalue weighted by molar-refractivity contribution is -0.119. The molecule has 0 radical (unpaired) electrons. The quantitative estimate of drug-likeness (QED) is 0.613. The number of thiazole rings is 1. The lowest BCUT2D eigenvalue weighted by Gasteiger charge is -2.25. The van der Waals surface area contributed by atoms with Crippen LogP contribution in [0.4, 0.5) is 5.13 Å². The van der Waals surface area contributed by atoms with Crippen molar-refractivity contribution in [1.82, 2.24) is 9.29 Å². The molecule has 0 aliphatic carbocycles. The Morgan fingerprint density at radius 3 is 2.59 bits per heavy atom. The van der Waals surface area contributed by atoms with E-state index in [1.165, 1.54) is 23.3 Å². The summed E-state index contributed by atoms with van der Waals surface area (Å²) in [5.74, 6) is 0.828. The lowest BCUT2D eigenvalue weighted by Crippen LogP contribution is -2.44. The summed E-state index contributed by atoms with van der Waals surface area (Å²) in [5, 5.41) is 0.449. The van der Waals surface area contributed by atoms with Crippen LogP contribution < -0.4 is 14.4 Å². The zero-order valence-electron chi connectivity index (χ0n) is 16.9. The first-order valence-corrected chi connectivity index (χ1v) is 11.8. The van der Waals surface area contributed by atoms with Gasteiger partial charge >= 0.3 is 0 Å². The summed E-state index contributed by atoms with van der Waals surface area (Å²) in [7, 11) is 1.01. The fraction of sp³-hybridized carbons (Fsp3) is 0.556. The van der Waals surface area contributed by atoms with Crippen molar-refractivity contribution in [3.8, 4) is 11.5 Å². The molecule has 160 valence electrons. The van der Waals surface area contributed by atoms with Gasteiger partial charge in [0.1, 0.15) is 21.7 Å². The van der Waals surface area contributed by atoms with Crippen molar-refractivity contribution in [2.24, 2.45) is 0 Å². The maximum absolute atomic E-state index is 13.0. The number of anilines is 1. The number of carbonyl (C=O) groups is 1. The highest BCUT2D eigenvalue weighted by atomic mass is 32.2. The summed E-state index contributed by atoms with van der Waals surface area (Å²) in [6.45, 7) is 0.675. The molecule has 1 aromatic heterocycles. The summed E-state index contributed by atoms with van der Waals surface area (Å²) in [4.78, 5) is 19.2. The summed E-state index contributed by atoms with van der Waals surface area (Å²) in [6, 6.07) is 3.54. The normalized spacial score (nSPS) is 17.1. The number of aromatic nitrogens is 1. The van der Waals surface area contributed by atoms with Crippen molar-refractivity contribution in [2.75, 3.05) is 52.1 Å². The topological polar surface area (TPSA) is 98.3 Å². The van der Waals surface area contributed by atoms with E-state index in [4.69, 9.17) is 14.2 Å². The number of sulfonamides is 1. The van der Waals surface area contributed by atoms with Crippen LogP contribution >= 0.6 is 11.3 Å². The Hall–Kier alpha value is -1.95. The van der Waals surface area contributed by atoms with Gasteiger partial charge in [-0.25, -0.2) is 13.4 Å². The van der Waals surface area contributed by atoms with E-state index in [0.717, 1.165) is 28.1 Å². The molecule has 29 heavy (non-hydrogen) atoms. The Morgan fingerprint density at radius 2 is 2.00 bits per heavy atom. The predicted molar refractivity (Wildman–Crippen MR) is 112 cm³/mol. The lowest BCUT2D eigenvalue weighted by atomic mass is 10.2. The SMILES string of the molecule is COc1ccc(OC)c2sc(N(C[C@@H]3CCCO3)C(=O)CN(C)S(C)(=O)=O)nc12. The molecule has 0 spiro atoms. The molecular weight excluding hydrogens is 418 g/mol. The second-order valence-corrected chi connectivity index (χ2v) is 9.87. The monoisotopic (exact) mass is 443 g/mol. The average Bonchev–Trinajstić information content (AvgIpc) is 3.33. The van der Waals surface area contributed by atoms with Crippen molar-refractivity contribution in [3.05, 3.63) is 12.1 Å². The zero-order valence-corrected chi connectivity index (χ0v) is 18.5. The summed E-state index contributed by atoms with van der Waals surface area (Å²) >= 11 is 1.30. The van der Waals surface area contributed by atoms with E-state index in [1.807, 2.05) is 0 Å². The van der Waals surface area contributed by atoms with Gasteiger partial charge in [-0.15, -0.1) is 0 Å². The van der Waals surface area contributed by atoms with Gasteiger partial charge in [-0.2, -0.15) is 4.31 Å². The van der Waals surface area contributed by atoms with Gasteiger partial charge in [-0.05, 0) is 25.0 Å². The molecule has 2 heterocycles. The van der Waals surface area contributed by atoms with Crippen LogP contribution in [0.5, 0.6) is 11.5 Å². The van der Waals surface area contributed by atoms with Crippen LogP contribution in [-0.2, 0) is 19.6 Å². The Bertz CT molecular complexity index is 944. The van der Waals surface area contributed by atoms with Crippen LogP contribution in [0.25, 0.3) is 10.2 Å². The number of rotatable bonds is 8. The van der Waals surface area contributed by atoms with Gasteiger partial charge in [0.05, 0.1) is 39.7 Å². The number of carbonyl (C=O) groups excluding carboxylic acids is 1. The van der Waals surface area contributed by atoms with Gasteiger partial charge < -0.3 is 14.2 Å². The smallest absolute Gasteiger partial charge is 0.244 e. The molecule has 0 bridgehead atoms. The fourth-order valence-corrected chi connectivity index (χ4v) is 4.51. The van der Waals surface area contributed by atoms with Gasteiger partial charge in [-0.3, -0.25) is 9.69 Å². The van der Waals surface area contributed by atoms with Crippen molar-refractivity contribution in [3.63, 3.8) is 0 Å². The van der Waals surface area contributed by atoms with Crippen LogP contribution in [0, 0.1) is 0 Å². The van der Waals surface area contributed by atoms with Crippen molar-refractivity contribution in [2.45, 2.75) is 18.9 Å². The van der Waals surface area contributed by atoms with E-state index in [2.05, 4.69) is 4.98 Å². The molecule has 1 saturated heterocycles. The van der Waals surface area contributed by atoms with E-state index in [1.54, 1.807) is 26.4 Å². The highest BCUT2D eigenvalue weighted by Gasteiger charge is 2.29. The van der Waals surface area contributed by atoms with Crippen molar-refractivity contribution >= 4 is 42.6 Å². The molecule has 1 fully saturated rings.